The molecular weight excluding hydrogens is 212 g/mol. The molecule has 2 nitrogen and oxygen atoms in total. The summed E-state index contributed by atoms with van der Waals surface area (Å²) in [6.45, 7) is 6.33. The fraction of sp³-hybridized carbons (Fsp3) is 0.467. The van der Waals surface area contributed by atoms with Gasteiger partial charge in [-0.2, -0.15) is 0 Å². The molecule has 2 aromatic rings. The van der Waals surface area contributed by atoms with Crippen LogP contribution in [0.15, 0.2) is 28.7 Å². The van der Waals surface area contributed by atoms with E-state index < -0.39 is 6.10 Å². The van der Waals surface area contributed by atoms with E-state index in [2.05, 4.69) is 26.0 Å². The van der Waals surface area contributed by atoms with E-state index >= 15 is 0 Å². The first kappa shape index (κ1) is 12.2. The largest absolute Gasteiger partial charge is 0.458 e. The van der Waals surface area contributed by atoms with E-state index in [0.717, 1.165) is 17.4 Å². The van der Waals surface area contributed by atoms with E-state index in [-0.39, 0.29) is 0 Å². The lowest BCUT2D eigenvalue weighted by molar-refractivity contribution is 0.148. The van der Waals surface area contributed by atoms with Gasteiger partial charge < -0.3 is 9.52 Å². The van der Waals surface area contributed by atoms with Crippen LogP contribution >= 0.6 is 0 Å². The van der Waals surface area contributed by atoms with E-state index in [9.17, 15) is 5.11 Å². The number of aliphatic hydroxyl groups excluding tert-OH is 1. The summed E-state index contributed by atoms with van der Waals surface area (Å²) in [4.78, 5) is 0. The van der Waals surface area contributed by atoms with E-state index in [1.165, 1.54) is 5.56 Å². The lowest BCUT2D eigenvalue weighted by Crippen LogP contribution is -1.92. The van der Waals surface area contributed by atoms with Gasteiger partial charge in [0.15, 0.2) is 0 Å². The van der Waals surface area contributed by atoms with Crippen molar-refractivity contribution in [3.05, 3.63) is 35.6 Å². The van der Waals surface area contributed by atoms with Crippen LogP contribution in [0.4, 0.5) is 0 Å². The van der Waals surface area contributed by atoms with E-state index in [1.807, 2.05) is 19.1 Å². The minimum Gasteiger partial charge on any atom is -0.458 e. The molecule has 92 valence electrons. The molecule has 0 aliphatic heterocycles. The summed E-state index contributed by atoms with van der Waals surface area (Å²) < 4.78 is 5.82. The summed E-state index contributed by atoms with van der Waals surface area (Å²) in [5, 5.41) is 10.9. The van der Waals surface area contributed by atoms with Gasteiger partial charge in [-0.3, -0.25) is 0 Å². The molecule has 0 bridgehead atoms. The normalized spacial score (nSPS) is 15.1. The zero-order chi connectivity index (χ0) is 12.4. The second-order valence-corrected chi connectivity index (χ2v) is 4.65. The summed E-state index contributed by atoms with van der Waals surface area (Å²) >= 11 is 0. The van der Waals surface area contributed by atoms with Crippen molar-refractivity contribution in [1.82, 2.24) is 0 Å². The highest BCUT2D eigenvalue weighted by molar-refractivity contribution is 5.81. The van der Waals surface area contributed by atoms with Crippen LogP contribution in [0, 0.1) is 0 Å². The number of aliphatic hydroxyl groups is 1. The van der Waals surface area contributed by atoms with Gasteiger partial charge in [0.05, 0.1) is 0 Å². The quantitative estimate of drug-likeness (QED) is 0.848. The first-order chi connectivity index (χ1) is 8.17. The molecular formula is C15H20O2. The fourth-order valence-electron chi connectivity index (χ4n) is 2.08. The van der Waals surface area contributed by atoms with E-state index in [1.54, 1.807) is 0 Å². The van der Waals surface area contributed by atoms with Gasteiger partial charge in [-0.1, -0.05) is 39.0 Å². The monoisotopic (exact) mass is 232 g/mol. The van der Waals surface area contributed by atoms with Crippen molar-refractivity contribution in [3.8, 4) is 0 Å². The molecule has 2 rings (SSSR count). The highest BCUT2D eigenvalue weighted by Crippen LogP contribution is 2.32. The summed E-state index contributed by atoms with van der Waals surface area (Å²) in [5.41, 5.74) is 2.17. The maximum atomic E-state index is 9.82. The zero-order valence-corrected chi connectivity index (χ0v) is 10.7. The van der Waals surface area contributed by atoms with Gasteiger partial charge >= 0.3 is 0 Å². The third-order valence-corrected chi connectivity index (χ3v) is 3.45. The molecule has 0 saturated carbocycles. The first-order valence-electron chi connectivity index (χ1n) is 6.37. The molecule has 17 heavy (non-hydrogen) atoms. The molecule has 2 unspecified atom stereocenters. The second kappa shape index (κ2) is 4.92. The number of hydrogen-bond acceptors (Lipinski definition) is 2. The van der Waals surface area contributed by atoms with Crippen molar-refractivity contribution in [2.45, 2.75) is 45.6 Å². The maximum absolute atomic E-state index is 9.82. The van der Waals surface area contributed by atoms with E-state index in [0.29, 0.717) is 18.1 Å². The fourth-order valence-corrected chi connectivity index (χ4v) is 2.08. The lowest BCUT2D eigenvalue weighted by atomic mass is 9.97. The third kappa shape index (κ3) is 2.22. The van der Waals surface area contributed by atoms with Crippen LogP contribution in [0.1, 0.15) is 57.0 Å². The number of fused-ring (bicyclic) bond motifs is 1. The molecule has 1 N–H and O–H groups in total. The van der Waals surface area contributed by atoms with Crippen LogP contribution in [0.5, 0.6) is 0 Å². The second-order valence-electron chi connectivity index (χ2n) is 4.65. The first-order valence-corrected chi connectivity index (χ1v) is 6.37. The van der Waals surface area contributed by atoms with Crippen LogP contribution < -0.4 is 0 Å². The molecule has 1 aromatic heterocycles. The maximum Gasteiger partial charge on any atom is 0.137 e. The standard InChI is InChI=1S/C15H20O2/c1-4-10(3)12-8-6-7-11-9-14(13(16)5-2)17-15(11)12/h6-10,13,16H,4-5H2,1-3H3. The van der Waals surface area contributed by atoms with Crippen molar-refractivity contribution in [1.29, 1.82) is 0 Å². The molecule has 1 heterocycles. The Morgan fingerprint density at radius 3 is 2.65 bits per heavy atom. The summed E-state index contributed by atoms with van der Waals surface area (Å²) in [5.74, 6) is 1.16. The molecule has 0 amide bonds. The Labute approximate surface area is 102 Å². The summed E-state index contributed by atoms with van der Waals surface area (Å²) in [6, 6.07) is 8.16. The van der Waals surface area contributed by atoms with E-state index in [4.69, 9.17) is 4.42 Å². The minimum absolute atomic E-state index is 0.483. The number of hydrogen-bond donors (Lipinski definition) is 1. The van der Waals surface area contributed by atoms with Crippen LogP contribution in [-0.4, -0.2) is 5.11 Å². The summed E-state index contributed by atoms with van der Waals surface area (Å²) in [6.07, 6.45) is 1.27. The Balaban J connectivity index is 2.52. The van der Waals surface area contributed by atoms with Crippen LogP contribution in [0.2, 0.25) is 0 Å². The molecule has 0 aliphatic carbocycles. The summed E-state index contributed by atoms with van der Waals surface area (Å²) in [7, 11) is 0. The smallest absolute Gasteiger partial charge is 0.137 e. The third-order valence-electron chi connectivity index (χ3n) is 3.45. The van der Waals surface area contributed by atoms with Gasteiger partial charge in [-0.05, 0) is 30.4 Å². The van der Waals surface area contributed by atoms with Crippen LogP contribution in [0.3, 0.4) is 0 Å². The number of benzene rings is 1. The number of furan rings is 1. The van der Waals surface area contributed by atoms with Gasteiger partial charge in [-0.25, -0.2) is 0 Å². The Morgan fingerprint density at radius 1 is 1.24 bits per heavy atom. The topological polar surface area (TPSA) is 33.4 Å². The average molecular weight is 232 g/mol. The lowest BCUT2D eigenvalue weighted by Gasteiger charge is -2.09. The predicted octanol–water partition coefficient (Wildman–Crippen LogP) is 4.39. The molecule has 0 spiro atoms. The van der Waals surface area contributed by atoms with Crippen molar-refractivity contribution in [2.75, 3.05) is 0 Å². The SMILES string of the molecule is CCC(C)c1cccc2cc(C(O)CC)oc12. The Morgan fingerprint density at radius 2 is 2.00 bits per heavy atom. The number of para-hydroxylation sites is 1. The van der Waals surface area contributed by atoms with Gasteiger partial charge in [-0.15, -0.1) is 0 Å². The zero-order valence-electron chi connectivity index (χ0n) is 10.7. The molecule has 1 aromatic carbocycles. The Hall–Kier alpha value is -1.28. The minimum atomic E-state index is -0.493. The molecule has 0 saturated heterocycles. The average Bonchev–Trinajstić information content (AvgIpc) is 2.80. The molecule has 0 aliphatic rings. The highest BCUT2D eigenvalue weighted by Gasteiger charge is 2.15. The predicted molar refractivity (Wildman–Crippen MR) is 70.2 cm³/mol. The highest BCUT2D eigenvalue weighted by atomic mass is 16.4. The molecule has 0 radical (unpaired) electrons. The Bertz CT molecular complexity index is 499. The van der Waals surface area contributed by atoms with Crippen LogP contribution in [0.25, 0.3) is 11.0 Å². The van der Waals surface area contributed by atoms with Gasteiger partial charge in [0.25, 0.3) is 0 Å². The van der Waals surface area contributed by atoms with Crippen molar-refractivity contribution >= 4 is 11.0 Å². The van der Waals surface area contributed by atoms with Gasteiger partial charge in [0.2, 0.25) is 0 Å². The van der Waals surface area contributed by atoms with Crippen molar-refractivity contribution in [2.24, 2.45) is 0 Å². The van der Waals surface area contributed by atoms with Crippen molar-refractivity contribution in [3.63, 3.8) is 0 Å². The van der Waals surface area contributed by atoms with Crippen LogP contribution in [-0.2, 0) is 0 Å². The number of rotatable bonds is 4. The molecule has 2 atom stereocenters. The Kier molecular flexibility index (Phi) is 3.53. The molecule has 0 fully saturated rings. The molecule has 2 heteroatoms. The van der Waals surface area contributed by atoms with Gasteiger partial charge in [0.1, 0.15) is 17.4 Å². The van der Waals surface area contributed by atoms with Gasteiger partial charge in [0, 0.05) is 5.39 Å². The van der Waals surface area contributed by atoms with Crippen molar-refractivity contribution < 1.29 is 9.52 Å².